The predicted molar refractivity (Wildman–Crippen MR) is 138 cm³/mol. The Kier molecular flexibility index (Phi) is 6.95. The maximum absolute atomic E-state index is 13.4. The van der Waals surface area contributed by atoms with Gasteiger partial charge in [-0.1, -0.05) is 42.5 Å². The fourth-order valence-corrected chi connectivity index (χ4v) is 5.60. The van der Waals surface area contributed by atoms with E-state index in [-0.39, 0.29) is 17.8 Å². The summed E-state index contributed by atoms with van der Waals surface area (Å²) in [6.45, 7) is 7.34. The summed E-state index contributed by atoms with van der Waals surface area (Å²) in [7, 11) is 2.15. The summed E-state index contributed by atoms with van der Waals surface area (Å²) in [5, 5.41) is 8.93. The van der Waals surface area contributed by atoms with Crippen molar-refractivity contribution in [3.8, 4) is 0 Å². The van der Waals surface area contributed by atoms with Gasteiger partial charge < -0.3 is 10.2 Å². The van der Waals surface area contributed by atoms with Crippen LogP contribution in [0.1, 0.15) is 32.5 Å². The molecule has 0 spiro atoms. The molecule has 8 heteroatoms. The first-order valence-electron chi connectivity index (χ1n) is 11.9. The first-order chi connectivity index (χ1) is 17.0. The summed E-state index contributed by atoms with van der Waals surface area (Å²) in [6.07, 6.45) is 0. The molecular formula is C27H30FN5OS. The molecule has 0 radical (unpaired) electrons. The number of aromatic nitrogens is 2. The van der Waals surface area contributed by atoms with Crippen LogP contribution in [-0.2, 0) is 6.54 Å². The highest BCUT2D eigenvalue weighted by atomic mass is 32.1. The van der Waals surface area contributed by atoms with Crippen LogP contribution in [0.2, 0.25) is 0 Å². The number of thiophene rings is 1. The lowest BCUT2D eigenvalue weighted by atomic mass is 10.1. The smallest absolute Gasteiger partial charge is 0.261 e. The average molecular weight is 492 g/mol. The Morgan fingerprint density at radius 3 is 2.51 bits per heavy atom. The first kappa shape index (κ1) is 23.7. The summed E-state index contributed by atoms with van der Waals surface area (Å²) in [5.74, 6) is -0.322. The number of nitrogens with one attached hydrogen (secondary N) is 1. The van der Waals surface area contributed by atoms with E-state index in [4.69, 9.17) is 0 Å². The number of fused-ring (bicyclic) bond motifs is 1. The summed E-state index contributed by atoms with van der Waals surface area (Å²) in [4.78, 5) is 19.8. The second-order valence-corrected chi connectivity index (χ2v) is 10.3. The predicted octanol–water partition coefficient (Wildman–Crippen LogP) is 4.31. The third-order valence-electron chi connectivity index (χ3n) is 6.62. The van der Waals surface area contributed by atoms with Gasteiger partial charge in [-0.05, 0) is 43.3 Å². The number of benzene rings is 2. The topological polar surface area (TPSA) is 53.4 Å². The Labute approximate surface area is 209 Å². The molecule has 0 aliphatic carbocycles. The molecule has 182 valence electrons. The molecule has 1 saturated heterocycles. The number of carbonyl (C=O) groups is 1. The van der Waals surface area contributed by atoms with Gasteiger partial charge in [-0.25, -0.2) is 4.39 Å². The van der Waals surface area contributed by atoms with Gasteiger partial charge in [0.2, 0.25) is 0 Å². The van der Waals surface area contributed by atoms with Crippen molar-refractivity contribution in [2.24, 2.45) is 0 Å². The molecule has 0 bridgehead atoms. The molecule has 1 unspecified atom stereocenters. The van der Waals surface area contributed by atoms with Crippen LogP contribution < -0.4 is 5.32 Å². The van der Waals surface area contributed by atoms with E-state index in [9.17, 15) is 9.18 Å². The third kappa shape index (κ3) is 5.45. The van der Waals surface area contributed by atoms with E-state index in [1.807, 2.05) is 35.9 Å². The van der Waals surface area contributed by atoms with Gasteiger partial charge >= 0.3 is 0 Å². The zero-order valence-corrected chi connectivity index (χ0v) is 20.9. The monoisotopic (exact) mass is 491 g/mol. The second kappa shape index (κ2) is 10.3. The van der Waals surface area contributed by atoms with Crippen molar-refractivity contribution in [1.82, 2.24) is 24.9 Å². The van der Waals surface area contributed by atoms with Gasteiger partial charge in [0, 0.05) is 38.1 Å². The Bertz CT molecular complexity index is 1290. The first-order valence-corrected chi connectivity index (χ1v) is 12.8. The van der Waals surface area contributed by atoms with Crippen molar-refractivity contribution in [2.75, 3.05) is 39.8 Å². The number of carbonyl (C=O) groups excluding carboxylic acids is 1. The van der Waals surface area contributed by atoms with Crippen LogP contribution in [0.15, 0.2) is 60.7 Å². The summed E-state index contributed by atoms with van der Waals surface area (Å²) in [6, 6.07) is 18.5. The van der Waals surface area contributed by atoms with Gasteiger partial charge in [0.1, 0.15) is 10.6 Å². The fourth-order valence-electron chi connectivity index (χ4n) is 4.53. The number of aryl methyl sites for hydroxylation is 1. The molecule has 1 aliphatic rings. The number of hydrogen-bond donors (Lipinski definition) is 1. The highest BCUT2D eigenvalue weighted by molar-refractivity contribution is 7.20. The number of likely N-dealkylation sites (N-methyl/N-ethyl adjacent to an activating group) is 1. The maximum atomic E-state index is 13.4. The minimum Gasteiger partial charge on any atom is -0.343 e. The van der Waals surface area contributed by atoms with Crippen molar-refractivity contribution in [1.29, 1.82) is 0 Å². The van der Waals surface area contributed by atoms with Crippen LogP contribution in [0.4, 0.5) is 4.39 Å². The largest absolute Gasteiger partial charge is 0.343 e. The number of amides is 1. The molecule has 5 rings (SSSR count). The lowest BCUT2D eigenvalue weighted by Gasteiger charge is -2.35. The Hall–Kier alpha value is -3.07. The van der Waals surface area contributed by atoms with E-state index >= 15 is 0 Å². The number of nitrogens with zero attached hydrogens (tertiary/aromatic N) is 4. The van der Waals surface area contributed by atoms with E-state index < -0.39 is 0 Å². The van der Waals surface area contributed by atoms with Gasteiger partial charge in [-0.2, -0.15) is 5.10 Å². The van der Waals surface area contributed by atoms with E-state index in [0.717, 1.165) is 59.8 Å². The van der Waals surface area contributed by atoms with Gasteiger partial charge in [0.05, 0.1) is 23.2 Å². The number of hydrogen-bond acceptors (Lipinski definition) is 5. The van der Waals surface area contributed by atoms with Crippen LogP contribution in [0.25, 0.3) is 10.2 Å². The zero-order valence-electron chi connectivity index (χ0n) is 20.1. The molecule has 1 fully saturated rings. The number of piperazine rings is 1. The normalized spacial score (nSPS) is 16.0. The molecule has 1 aliphatic heterocycles. The van der Waals surface area contributed by atoms with Crippen molar-refractivity contribution in [2.45, 2.75) is 19.5 Å². The van der Waals surface area contributed by atoms with Crippen LogP contribution in [-0.4, -0.2) is 65.3 Å². The van der Waals surface area contributed by atoms with Crippen LogP contribution in [0.3, 0.4) is 0 Å². The molecule has 2 aromatic heterocycles. The SMILES string of the molecule is Cc1nn(Cc2ccc(F)cc2)c2sc(C(=O)NC(CN3CCN(C)CC3)c3ccccc3)cc12. The Morgan fingerprint density at radius 2 is 1.80 bits per heavy atom. The van der Waals surface area contributed by atoms with Gasteiger partial charge in [0.15, 0.2) is 0 Å². The van der Waals surface area contributed by atoms with E-state index in [1.165, 1.54) is 23.5 Å². The number of halogens is 1. The van der Waals surface area contributed by atoms with Crippen LogP contribution in [0.5, 0.6) is 0 Å². The minimum absolute atomic E-state index is 0.0677. The Balaban J connectivity index is 1.36. The quantitative estimate of drug-likeness (QED) is 0.419. The van der Waals surface area contributed by atoms with E-state index in [0.29, 0.717) is 11.4 Å². The fraction of sp³-hybridized carbons (Fsp3) is 0.333. The second-order valence-electron chi connectivity index (χ2n) is 9.24. The number of rotatable bonds is 7. The Morgan fingerprint density at radius 1 is 1.09 bits per heavy atom. The summed E-state index contributed by atoms with van der Waals surface area (Å²) in [5.41, 5.74) is 2.96. The van der Waals surface area contributed by atoms with Crippen molar-refractivity contribution in [3.63, 3.8) is 0 Å². The zero-order chi connectivity index (χ0) is 24.4. The highest BCUT2D eigenvalue weighted by Gasteiger charge is 2.23. The van der Waals surface area contributed by atoms with Gasteiger partial charge in [-0.3, -0.25) is 14.4 Å². The highest BCUT2D eigenvalue weighted by Crippen LogP contribution is 2.29. The molecule has 3 heterocycles. The molecule has 1 amide bonds. The van der Waals surface area contributed by atoms with Crippen LogP contribution in [0, 0.1) is 12.7 Å². The standard InChI is InChI=1S/C27H30FN5OS/c1-19-23-16-25(35-27(23)33(30-19)17-20-8-10-22(28)11-9-20)26(34)29-24(21-6-4-3-5-7-21)18-32-14-12-31(2)13-15-32/h3-11,16,24H,12-15,17-18H2,1-2H3,(H,29,34). The lowest BCUT2D eigenvalue weighted by molar-refractivity contribution is 0.0911. The van der Waals surface area contributed by atoms with E-state index in [1.54, 1.807) is 12.1 Å². The average Bonchev–Trinajstić information content (AvgIpc) is 3.43. The summed E-state index contributed by atoms with van der Waals surface area (Å²) < 4.78 is 15.2. The minimum atomic E-state index is -0.254. The molecule has 35 heavy (non-hydrogen) atoms. The molecule has 1 N–H and O–H groups in total. The molecule has 6 nitrogen and oxygen atoms in total. The van der Waals surface area contributed by atoms with E-state index in [2.05, 4.69) is 39.4 Å². The molecule has 0 saturated carbocycles. The van der Waals surface area contributed by atoms with Gasteiger partial charge in [-0.15, -0.1) is 11.3 Å². The molecule has 1 atom stereocenters. The van der Waals surface area contributed by atoms with Crippen molar-refractivity contribution in [3.05, 3.63) is 88.2 Å². The van der Waals surface area contributed by atoms with Gasteiger partial charge in [0.25, 0.3) is 5.91 Å². The molecular weight excluding hydrogens is 461 g/mol. The third-order valence-corrected chi connectivity index (χ3v) is 7.77. The van der Waals surface area contributed by atoms with Crippen LogP contribution >= 0.6 is 11.3 Å². The summed E-state index contributed by atoms with van der Waals surface area (Å²) >= 11 is 1.45. The van der Waals surface area contributed by atoms with Crippen molar-refractivity contribution < 1.29 is 9.18 Å². The van der Waals surface area contributed by atoms with Crippen molar-refractivity contribution >= 4 is 27.5 Å². The maximum Gasteiger partial charge on any atom is 0.261 e. The molecule has 4 aromatic rings. The molecule has 2 aromatic carbocycles. The lowest BCUT2D eigenvalue weighted by Crippen LogP contribution is -2.47.